The Morgan fingerprint density at radius 2 is 1.54 bits per heavy atom. The molecule has 3 aromatic carbocycles. The van der Waals surface area contributed by atoms with Crippen molar-refractivity contribution < 1.29 is 13.2 Å². The Labute approximate surface area is 161 Å². The molecule has 0 fully saturated rings. The number of carbonyl (C=O) groups excluding carboxylic acids is 1. The summed E-state index contributed by atoms with van der Waals surface area (Å²) in [6.45, 7) is 1.34. The number of benzene rings is 3. The second-order valence-electron chi connectivity index (χ2n) is 5.57. The highest BCUT2D eigenvalue weighted by Gasteiger charge is 2.18. The zero-order valence-electron chi connectivity index (χ0n) is 13.6. The minimum absolute atomic E-state index is 0.0179. The molecule has 0 spiro atoms. The molecule has 0 aliphatic carbocycles. The summed E-state index contributed by atoms with van der Waals surface area (Å²) in [6, 6.07) is 14.6. The molecule has 0 aromatic heterocycles. The topological polar surface area (TPSA) is 75.3 Å². The van der Waals surface area contributed by atoms with Gasteiger partial charge in [0.25, 0.3) is 10.0 Å². The number of sulfonamides is 1. The van der Waals surface area contributed by atoms with Gasteiger partial charge in [-0.3, -0.25) is 9.52 Å². The van der Waals surface area contributed by atoms with E-state index in [1.54, 1.807) is 24.3 Å². The molecule has 0 aliphatic rings. The van der Waals surface area contributed by atoms with Crippen molar-refractivity contribution in [3.05, 3.63) is 64.6 Å². The molecule has 0 unspecified atom stereocenters. The maximum absolute atomic E-state index is 12.7. The van der Waals surface area contributed by atoms with E-state index in [9.17, 15) is 13.2 Å². The Hall–Kier alpha value is -2.28. The van der Waals surface area contributed by atoms with Crippen molar-refractivity contribution in [1.29, 1.82) is 0 Å². The predicted octanol–water partition coefficient (Wildman–Crippen LogP) is 4.91. The standard InChI is InChI=1S/C18H14Cl2N2O3S/c1-11(23)21-18-8-6-12(10-16(18)20)26(24,25)22-17-9-7-15(19)13-4-2-3-5-14(13)17/h2-10,22H,1H3,(H,21,23). The highest BCUT2D eigenvalue weighted by molar-refractivity contribution is 7.92. The molecule has 3 rings (SSSR count). The van der Waals surface area contributed by atoms with Crippen LogP contribution in [0.15, 0.2) is 59.5 Å². The lowest BCUT2D eigenvalue weighted by Gasteiger charge is -2.13. The van der Waals surface area contributed by atoms with E-state index in [2.05, 4.69) is 10.0 Å². The lowest BCUT2D eigenvalue weighted by Crippen LogP contribution is -2.14. The molecule has 8 heteroatoms. The fraction of sp³-hybridized carbons (Fsp3) is 0.0556. The number of fused-ring (bicyclic) bond motifs is 1. The smallest absolute Gasteiger partial charge is 0.261 e. The second kappa shape index (κ2) is 7.15. The van der Waals surface area contributed by atoms with E-state index in [4.69, 9.17) is 23.2 Å². The Balaban J connectivity index is 1.99. The highest BCUT2D eigenvalue weighted by Crippen LogP contribution is 2.32. The van der Waals surface area contributed by atoms with E-state index in [1.165, 1.54) is 25.1 Å². The molecule has 0 atom stereocenters. The Kier molecular flexibility index (Phi) is 5.09. The quantitative estimate of drug-likeness (QED) is 0.643. The maximum atomic E-state index is 12.7. The van der Waals surface area contributed by atoms with Gasteiger partial charge < -0.3 is 5.32 Å². The molecule has 0 heterocycles. The van der Waals surface area contributed by atoms with E-state index in [0.29, 0.717) is 21.8 Å². The first-order chi connectivity index (χ1) is 12.3. The first kappa shape index (κ1) is 18.5. The zero-order chi connectivity index (χ0) is 18.9. The summed E-state index contributed by atoms with van der Waals surface area (Å²) >= 11 is 12.2. The molecule has 5 nitrogen and oxygen atoms in total. The minimum Gasteiger partial charge on any atom is -0.325 e. The lowest BCUT2D eigenvalue weighted by molar-refractivity contribution is -0.114. The third-order valence-corrected chi connectivity index (χ3v) is 5.68. The van der Waals surface area contributed by atoms with Crippen LogP contribution in [0.25, 0.3) is 10.8 Å². The Morgan fingerprint density at radius 3 is 2.19 bits per heavy atom. The normalized spacial score (nSPS) is 11.3. The van der Waals surface area contributed by atoms with Gasteiger partial charge in [-0.1, -0.05) is 47.5 Å². The van der Waals surface area contributed by atoms with Gasteiger partial charge in [0.2, 0.25) is 5.91 Å². The van der Waals surface area contributed by atoms with Gasteiger partial charge in [0.05, 0.1) is 21.3 Å². The van der Waals surface area contributed by atoms with Crippen LogP contribution in [-0.4, -0.2) is 14.3 Å². The molecule has 0 saturated heterocycles. The van der Waals surface area contributed by atoms with Gasteiger partial charge in [-0.2, -0.15) is 0 Å². The number of hydrogen-bond acceptors (Lipinski definition) is 3. The average Bonchev–Trinajstić information content (AvgIpc) is 2.59. The third-order valence-electron chi connectivity index (χ3n) is 3.68. The number of carbonyl (C=O) groups is 1. The van der Waals surface area contributed by atoms with Crippen molar-refractivity contribution in [3.8, 4) is 0 Å². The Morgan fingerprint density at radius 1 is 0.885 bits per heavy atom. The summed E-state index contributed by atoms with van der Waals surface area (Å²) in [6.07, 6.45) is 0. The minimum atomic E-state index is -3.88. The van der Waals surface area contributed by atoms with E-state index < -0.39 is 10.0 Å². The largest absolute Gasteiger partial charge is 0.325 e. The molecule has 134 valence electrons. The molecule has 1 amide bonds. The van der Waals surface area contributed by atoms with Crippen LogP contribution in [0.5, 0.6) is 0 Å². The zero-order valence-corrected chi connectivity index (χ0v) is 15.9. The van der Waals surface area contributed by atoms with Crippen LogP contribution in [0.3, 0.4) is 0 Å². The van der Waals surface area contributed by atoms with Crippen molar-refractivity contribution >= 4 is 61.3 Å². The van der Waals surface area contributed by atoms with Gasteiger partial charge in [-0.25, -0.2) is 8.42 Å². The monoisotopic (exact) mass is 408 g/mol. The fourth-order valence-electron chi connectivity index (χ4n) is 2.51. The van der Waals surface area contributed by atoms with Gasteiger partial charge in [0, 0.05) is 22.7 Å². The van der Waals surface area contributed by atoms with Gasteiger partial charge in [0.15, 0.2) is 0 Å². The average molecular weight is 409 g/mol. The second-order valence-corrected chi connectivity index (χ2v) is 8.07. The van der Waals surface area contributed by atoms with Crippen molar-refractivity contribution in [3.63, 3.8) is 0 Å². The number of hydrogen-bond donors (Lipinski definition) is 2. The fourth-order valence-corrected chi connectivity index (χ4v) is 4.13. The van der Waals surface area contributed by atoms with Crippen LogP contribution in [0.2, 0.25) is 10.0 Å². The number of rotatable bonds is 4. The summed E-state index contributed by atoms with van der Waals surface area (Å²) in [5.41, 5.74) is 0.752. The molecule has 3 aromatic rings. The van der Waals surface area contributed by atoms with Gasteiger partial charge in [-0.15, -0.1) is 0 Å². The highest BCUT2D eigenvalue weighted by atomic mass is 35.5. The van der Waals surface area contributed by atoms with Gasteiger partial charge in [0.1, 0.15) is 0 Å². The first-order valence-corrected chi connectivity index (χ1v) is 9.79. The van der Waals surface area contributed by atoms with E-state index in [1.807, 2.05) is 12.1 Å². The molecular formula is C18H14Cl2N2O3S. The predicted molar refractivity (Wildman–Crippen MR) is 106 cm³/mol. The van der Waals surface area contributed by atoms with Crippen LogP contribution >= 0.6 is 23.2 Å². The molecule has 0 bridgehead atoms. The van der Waals surface area contributed by atoms with Crippen molar-refractivity contribution in [1.82, 2.24) is 0 Å². The van der Waals surface area contributed by atoms with Crippen LogP contribution in [0, 0.1) is 0 Å². The lowest BCUT2D eigenvalue weighted by atomic mass is 10.1. The van der Waals surface area contributed by atoms with Gasteiger partial charge >= 0.3 is 0 Å². The number of amides is 1. The third kappa shape index (κ3) is 3.77. The van der Waals surface area contributed by atoms with Crippen LogP contribution in [0.4, 0.5) is 11.4 Å². The van der Waals surface area contributed by atoms with Crippen LogP contribution in [0.1, 0.15) is 6.92 Å². The molecule has 2 N–H and O–H groups in total. The Bertz CT molecular complexity index is 1110. The van der Waals surface area contributed by atoms with E-state index in [-0.39, 0.29) is 15.8 Å². The van der Waals surface area contributed by atoms with Crippen molar-refractivity contribution in [2.24, 2.45) is 0 Å². The summed E-state index contributed by atoms with van der Waals surface area (Å²) in [5, 5.41) is 4.62. The number of anilines is 2. The van der Waals surface area contributed by atoms with E-state index >= 15 is 0 Å². The van der Waals surface area contributed by atoms with Crippen molar-refractivity contribution in [2.75, 3.05) is 10.0 Å². The van der Waals surface area contributed by atoms with Crippen LogP contribution < -0.4 is 10.0 Å². The van der Waals surface area contributed by atoms with E-state index in [0.717, 1.165) is 5.39 Å². The SMILES string of the molecule is CC(=O)Nc1ccc(S(=O)(=O)Nc2ccc(Cl)c3ccccc23)cc1Cl. The number of halogens is 2. The first-order valence-electron chi connectivity index (χ1n) is 7.55. The van der Waals surface area contributed by atoms with Crippen molar-refractivity contribution in [2.45, 2.75) is 11.8 Å². The summed E-state index contributed by atoms with van der Waals surface area (Å²) < 4.78 is 28.0. The molecule has 0 radical (unpaired) electrons. The molecule has 26 heavy (non-hydrogen) atoms. The summed E-state index contributed by atoms with van der Waals surface area (Å²) in [7, 11) is -3.88. The number of nitrogens with one attached hydrogen (secondary N) is 2. The molecule has 0 saturated carbocycles. The maximum Gasteiger partial charge on any atom is 0.261 e. The van der Waals surface area contributed by atoms with Crippen LogP contribution in [-0.2, 0) is 14.8 Å². The molecule has 0 aliphatic heterocycles. The summed E-state index contributed by atoms with van der Waals surface area (Å²) in [4.78, 5) is 11.1. The molecular weight excluding hydrogens is 395 g/mol. The van der Waals surface area contributed by atoms with Gasteiger partial charge in [-0.05, 0) is 30.3 Å². The summed E-state index contributed by atoms with van der Waals surface area (Å²) in [5.74, 6) is -0.298.